The van der Waals surface area contributed by atoms with E-state index in [2.05, 4.69) is 37.1 Å². The zero-order valence-corrected chi connectivity index (χ0v) is 13.1. The third kappa shape index (κ3) is 3.20. The number of pyridine rings is 1. The summed E-state index contributed by atoms with van der Waals surface area (Å²) in [5.74, 6) is 1.96. The van der Waals surface area contributed by atoms with Crippen LogP contribution >= 0.6 is 11.6 Å². The van der Waals surface area contributed by atoms with Crippen LogP contribution in [0.25, 0.3) is 0 Å². The molecule has 2 aromatic heterocycles. The molecule has 1 saturated heterocycles. The zero-order chi connectivity index (χ0) is 15.5. The highest BCUT2D eigenvalue weighted by Gasteiger charge is 2.19. The number of likely N-dealkylation sites (N-methyl/N-ethyl adjacent to an activating group) is 1. The Labute approximate surface area is 134 Å². The van der Waals surface area contributed by atoms with Crippen LogP contribution in [0.5, 0.6) is 0 Å². The SMILES string of the molecule is CN1CCN(c2ncnc(Nc3ccc(Cl)cn3)c2N)CC1. The number of nitrogen functional groups attached to an aromatic ring is 1. The molecule has 0 spiro atoms. The fourth-order valence-corrected chi connectivity index (χ4v) is 2.44. The van der Waals surface area contributed by atoms with E-state index in [1.54, 1.807) is 18.3 Å². The Morgan fingerprint density at radius 3 is 2.59 bits per heavy atom. The van der Waals surface area contributed by atoms with E-state index in [1.807, 2.05) is 0 Å². The summed E-state index contributed by atoms with van der Waals surface area (Å²) in [7, 11) is 2.11. The molecule has 0 aliphatic carbocycles. The molecule has 3 heterocycles. The van der Waals surface area contributed by atoms with E-state index in [0.29, 0.717) is 22.3 Å². The summed E-state index contributed by atoms with van der Waals surface area (Å²) in [6.45, 7) is 3.78. The quantitative estimate of drug-likeness (QED) is 0.889. The first-order valence-electron chi connectivity index (χ1n) is 7.06. The molecule has 0 unspecified atom stereocenters. The molecule has 0 saturated carbocycles. The molecule has 0 radical (unpaired) electrons. The number of nitrogens with one attached hydrogen (secondary N) is 1. The summed E-state index contributed by atoms with van der Waals surface area (Å²) in [6, 6.07) is 3.54. The van der Waals surface area contributed by atoms with Crippen molar-refractivity contribution in [2.75, 3.05) is 49.2 Å². The van der Waals surface area contributed by atoms with E-state index in [9.17, 15) is 0 Å². The molecular formula is C14H18ClN7. The Morgan fingerprint density at radius 1 is 1.14 bits per heavy atom. The summed E-state index contributed by atoms with van der Waals surface area (Å²) in [6.07, 6.45) is 3.09. The largest absolute Gasteiger partial charge is 0.393 e. The number of hydrogen-bond acceptors (Lipinski definition) is 7. The van der Waals surface area contributed by atoms with Crippen molar-refractivity contribution in [3.63, 3.8) is 0 Å². The van der Waals surface area contributed by atoms with Gasteiger partial charge in [0.25, 0.3) is 0 Å². The van der Waals surface area contributed by atoms with Gasteiger partial charge in [-0.1, -0.05) is 11.6 Å². The maximum absolute atomic E-state index is 6.23. The second-order valence-corrected chi connectivity index (χ2v) is 5.67. The van der Waals surface area contributed by atoms with Gasteiger partial charge in [-0.25, -0.2) is 15.0 Å². The maximum Gasteiger partial charge on any atom is 0.160 e. The van der Waals surface area contributed by atoms with Gasteiger partial charge < -0.3 is 20.9 Å². The van der Waals surface area contributed by atoms with Gasteiger partial charge in [0, 0.05) is 32.4 Å². The smallest absolute Gasteiger partial charge is 0.160 e. The van der Waals surface area contributed by atoms with E-state index in [0.717, 1.165) is 32.0 Å². The number of nitrogens with two attached hydrogens (primary N) is 1. The molecule has 0 aromatic carbocycles. The van der Waals surface area contributed by atoms with Gasteiger partial charge in [-0.3, -0.25) is 0 Å². The minimum absolute atomic E-state index is 0.531. The monoisotopic (exact) mass is 319 g/mol. The van der Waals surface area contributed by atoms with Crippen molar-refractivity contribution in [1.82, 2.24) is 19.9 Å². The lowest BCUT2D eigenvalue weighted by atomic mass is 10.3. The number of nitrogens with zero attached hydrogens (tertiary/aromatic N) is 5. The van der Waals surface area contributed by atoms with Crippen molar-refractivity contribution in [1.29, 1.82) is 0 Å². The predicted molar refractivity (Wildman–Crippen MR) is 88.7 cm³/mol. The Morgan fingerprint density at radius 2 is 1.91 bits per heavy atom. The molecular weight excluding hydrogens is 302 g/mol. The number of rotatable bonds is 3. The molecule has 0 bridgehead atoms. The number of halogens is 1. The first-order chi connectivity index (χ1) is 10.6. The lowest BCUT2D eigenvalue weighted by Gasteiger charge is -2.33. The normalized spacial score (nSPS) is 15.8. The lowest BCUT2D eigenvalue weighted by Crippen LogP contribution is -2.45. The molecule has 1 fully saturated rings. The van der Waals surface area contributed by atoms with Crippen LogP contribution in [0.2, 0.25) is 5.02 Å². The fourth-order valence-electron chi connectivity index (χ4n) is 2.33. The predicted octanol–water partition coefficient (Wildman–Crippen LogP) is 1.60. The second kappa shape index (κ2) is 6.33. The summed E-state index contributed by atoms with van der Waals surface area (Å²) in [5.41, 5.74) is 6.76. The van der Waals surface area contributed by atoms with Gasteiger partial charge in [0.05, 0.1) is 5.02 Å². The third-order valence-electron chi connectivity index (χ3n) is 3.64. The molecule has 22 heavy (non-hydrogen) atoms. The van der Waals surface area contributed by atoms with Gasteiger partial charge in [0.2, 0.25) is 0 Å². The molecule has 8 heteroatoms. The summed E-state index contributed by atoms with van der Waals surface area (Å²) in [5, 5.41) is 3.69. The summed E-state index contributed by atoms with van der Waals surface area (Å²) in [4.78, 5) is 17.2. The van der Waals surface area contributed by atoms with Crippen molar-refractivity contribution in [2.24, 2.45) is 0 Å². The van der Waals surface area contributed by atoms with Crippen molar-refractivity contribution < 1.29 is 0 Å². The van der Waals surface area contributed by atoms with Crippen molar-refractivity contribution in [3.8, 4) is 0 Å². The highest BCUT2D eigenvalue weighted by atomic mass is 35.5. The van der Waals surface area contributed by atoms with E-state index in [1.165, 1.54) is 6.33 Å². The van der Waals surface area contributed by atoms with Crippen LogP contribution in [0.4, 0.5) is 23.1 Å². The molecule has 1 aliphatic heterocycles. The molecule has 3 N–H and O–H groups in total. The average molecular weight is 320 g/mol. The molecule has 7 nitrogen and oxygen atoms in total. The average Bonchev–Trinajstić information content (AvgIpc) is 2.53. The third-order valence-corrected chi connectivity index (χ3v) is 3.86. The standard InChI is InChI=1S/C14H18ClN7/c1-21-4-6-22(7-5-21)14-12(16)13(18-9-19-14)20-11-3-2-10(15)8-17-11/h2-3,8-9H,4-7,16H2,1H3,(H,17,18,19,20). The van der Waals surface area contributed by atoms with Gasteiger partial charge in [0.15, 0.2) is 11.6 Å². The molecule has 116 valence electrons. The molecule has 2 aromatic rings. The van der Waals surface area contributed by atoms with Crippen LogP contribution in [0.3, 0.4) is 0 Å². The number of aromatic nitrogens is 3. The van der Waals surface area contributed by atoms with E-state index in [-0.39, 0.29) is 0 Å². The van der Waals surface area contributed by atoms with E-state index in [4.69, 9.17) is 17.3 Å². The number of piperazine rings is 1. The fraction of sp³-hybridized carbons (Fsp3) is 0.357. The second-order valence-electron chi connectivity index (χ2n) is 5.24. The maximum atomic E-state index is 6.23. The van der Waals surface area contributed by atoms with Crippen molar-refractivity contribution in [3.05, 3.63) is 29.7 Å². The van der Waals surface area contributed by atoms with Gasteiger partial charge in [-0.05, 0) is 19.2 Å². The van der Waals surface area contributed by atoms with E-state index < -0.39 is 0 Å². The Bertz CT molecular complexity index is 638. The van der Waals surface area contributed by atoms with Crippen molar-refractivity contribution >= 4 is 34.7 Å². The first-order valence-corrected chi connectivity index (χ1v) is 7.44. The molecule has 0 atom stereocenters. The van der Waals surface area contributed by atoms with Crippen LogP contribution in [-0.2, 0) is 0 Å². The summed E-state index contributed by atoms with van der Waals surface area (Å²) < 4.78 is 0. The molecule has 3 rings (SSSR count). The van der Waals surface area contributed by atoms with Gasteiger partial charge in [0.1, 0.15) is 17.8 Å². The van der Waals surface area contributed by atoms with Gasteiger partial charge >= 0.3 is 0 Å². The number of anilines is 4. The highest BCUT2D eigenvalue weighted by molar-refractivity contribution is 6.30. The molecule has 0 amide bonds. The van der Waals surface area contributed by atoms with Crippen LogP contribution in [0.1, 0.15) is 0 Å². The first kappa shape index (κ1) is 14.8. The van der Waals surface area contributed by atoms with Gasteiger partial charge in [-0.2, -0.15) is 0 Å². The topological polar surface area (TPSA) is 83.2 Å². The highest BCUT2D eigenvalue weighted by Crippen LogP contribution is 2.28. The Kier molecular flexibility index (Phi) is 4.26. The number of hydrogen-bond donors (Lipinski definition) is 2. The van der Waals surface area contributed by atoms with Crippen molar-refractivity contribution in [2.45, 2.75) is 0 Å². The lowest BCUT2D eigenvalue weighted by molar-refractivity contribution is 0.312. The molecule has 1 aliphatic rings. The zero-order valence-electron chi connectivity index (χ0n) is 12.3. The Balaban J connectivity index is 1.81. The van der Waals surface area contributed by atoms with Crippen LogP contribution in [0, 0.1) is 0 Å². The minimum atomic E-state index is 0.531. The van der Waals surface area contributed by atoms with Crippen LogP contribution in [0.15, 0.2) is 24.7 Å². The van der Waals surface area contributed by atoms with Gasteiger partial charge in [-0.15, -0.1) is 0 Å². The van der Waals surface area contributed by atoms with Crippen LogP contribution in [-0.4, -0.2) is 53.1 Å². The van der Waals surface area contributed by atoms with Crippen LogP contribution < -0.4 is 16.0 Å². The minimum Gasteiger partial charge on any atom is -0.393 e. The Hall–Kier alpha value is -2.12. The summed E-state index contributed by atoms with van der Waals surface area (Å²) >= 11 is 5.83. The van der Waals surface area contributed by atoms with E-state index >= 15 is 0 Å².